The molecule has 0 saturated carbocycles. The van der Waals surface area contributed by atoms with E-state index >= 15 is 0 Å². The average molecular weight is 401 g/mol. The predicted molar refractivity (Wildman–Crippen MR) is 117 cm³/mol. The Bertz CT molecular complexity index is 1070. The molecule has 0 N–H and O–H groups in total. The van der Waals surface area contributed by atoms with Crippen LogP contribution in [0.4, 0.5) is 5.69 Å². The average Bonchev–Trinajstić information content (AvgIpc) is 3.04. The second-order valence-electron chi connectivity index (χ2n) is 6.34. The van der Waals surface area contributed by atoms with Crippen LogP contribution in [0.15, 0.2) is 89.0 Å². The minimum Gasteiger partial charge on any atom is -0.496 e. The molecule has 0 radical (unpaired) electrons. The van der Waals surface area contributed by atoms with E-state index in [0.717, 1.165) is 22.6 Å². The number of benzene rings is 2. The molecule has 1 saturated heterocycles. The maximum Gasteiger partial charge on any atom is 0.267 e. The molecule has 1 aliphatic heterocycles. The summed E-state index contributed by atoms with van der Waals surface area (Å²) >= 11 is 1.37. The zero-order chi connectivity index (χ0) is 20.1. The first-order valence-electron chi connectivity index (χ1n) is 9.11. The predicted octanol–water partition coefficient (Wildman–Crippen LogP) is 4.89. The van der Waals surface area contributed by atoms with Crippen molar-refractivity contribution in [2.45, 2.75) is 6.54 Å². The summed E-state index contributed by atoms with van der Waals surface area (Å²) in [6.07, 6.45) is 5.34. The third kappa shape index (κ3) is 4.38. The number of carbonyl (C=O) groups excluding carboxylic acids is 1. The van der Waals surface area contributed by atoms with Crippen molar-refractivity contribution in [2.24, 2.45) is 4.99 Å². The first-order chi connectivity index (χ1) is 14.2. The van der Waals surface area contributed by atoms with Crippen molar-refractivity contribution < 1.29 is 9.53 Å². The number of thioether (sulfide) groups is 1. The third-order valence-electron chi connectivity index (χ3n) is 4.36. The van der Waals surface area contributed by atoms with E-state index in [1.54, 1.807) is 24.4 Å². The number of ether oxygens (including phenoxy) is 1. The topological polar surface area (TPSA) is 54.8 Å². The van der Waals surface area contributed by atoms with Crippen molar-refractivity contribution in [1.82, 2.24) is 9.88 Å². The highest BCUT2D eigenvalue weighted by Crippen LogP contribution is 2.36. The molecule has 3 aromatic rings. The highest BCUT2D eigenvalue weighted by atomic mass is 32.2. The smallest absolute Gasteiger partial charge is 0.267 e. The van der Waals surface area contributed by atoms with Crippen LogP contribution in [-0.2, 0) is 11.3 Å². The first-order valence-corrected chi connectivity index (χ1v) is 9.93. The highest BCUT2D eigenvalue weighted by molar-refractivity contribution is 8.18. The largest absolute Gasteiger partial charge is 0.496 e. The van der Waals surface area contributed by atoms with Crippen LogP contribution < -0.4 is 4.74 Å². The normalized spacial score (nSPS) is 16.6. The van der Waals surface area contributed by atoms with Crippen LogP contribution in [0.1, 0.15) is 11.1 Å². The maximum atomic E-state index is 13.2. The molecular formula is C23H19N3O2S. The maximum absolute atomic E-state index is 13.2. The lowest BCUT2D eigenvalue weighted by molar-refractivity contribution is -0.122. The number of aliphatic imine (C=N–C) groups is 1. The fourth-order valence-electron chi connectivity index (χ4n) is 2.94. The molecule has 0 atom stereocenters. The van der Waals surface area contributed by atoms with Gasteiger partial charge < -0.3 is 4.74 Å². The van der Waals surface area contributed by atoms with Crippen molar-refractivity contribution >= 4 is 34.6 Å². The molecule has 6 heteroatoms. The monoisotopic (exact) mass is 401 g/mol. The minimum atomic E-state index is -0.0839. The van der Waals surface area contributed by atoms with Crippen LogP contribution in [-0.4, -0.2) is 28.1 Å². The number of para-hydroxylation sites is 2. The van der Waals surface area contributed by atoms with Crippen molar-refractivity contribution in [3.63, 3.8) is 0 Å². The number of pyridine rings is 1. The summed E-state index contributed by atoms with van der Waals surface area (Å²) in [6.45, 7) is 0.411. The Morgan fingerprint density at radius 1 is 1.07 bits per heavy atom. The second-order valence-corrected chi connectivity index (χ2v) is 7.34. The van der Waals surface area contributed by atoms with Gasteiger partial charge in [-0.3, -0.25) is 14.7 Å². The molecule has 1 aromatic heterocycles. The lowest BCUT2D eigenvalue weighted by Gasteiger charge is -2.15. The fraction of sp³-hybridized carbons (Fsp3) is 0.0870. The van der Waals surface area contributed by atoms with E-state index in [2.05, 4.69) is 4.98 Å². The quantitative estimate of drug-likeness (QED) is 0.571. The lowest BCUT2D eigenvalue weighted by Crippen LogP contribution is -2.28. The summed E-state index contributed by atoms with van der Waals surface area (Å²) < 4.78 is 5.42. The first kappa shape index (κ1) is 19.0. The molecule has 1 fully saturated rings. The van der Waals surface area contributed by atoms with Crippen molar-refractivity contribution in [3.05, 3.63) is 95.2 Å². The Balaban J connectivity index is 1.71. The van der Waals surface area contributed by atoms with E-state index in [1.807, 2.05) is 72.8 Å². The SMILES string of the molecule is COc1ccccc1C=C1SC(=Nc2ccccc2)N(Cc2cccnc2)C1=O. The molecule has 2 heterocycles. The second kappa shape index (κ2) is 8.75. The Morgan fingerprint density at radius 3 is 2.62 bits per heavy atom. The number of amides is 1. The van der Waals surface area contributed by atoms with E-state index in [9.17, 15) is 4.79 Å². The van der Waals surface area contributed by atoms with Gasteiger partial charge >= 0.3 is 0 Å². The number of hydrogen-bond acceptors (Lipinski definition) is 5. The van der Waals surface area contributed by atoms with Gasteiger partial charge in [0.15, 0.2) is 5.17 Å². The summed E-state index contributed by atoms with van der Waals surface area (Å²) in [5, 5.41) is 0.645. The highest BCUT2D eigenvalue weighted by Gasteiger charge is 2.33. The lowest BCUT2D eigenvalue weighted by atomic mass is 10.2. The Morgan fingerprint density at radius 2 is 1.86 bits per heavy atom. The summed E-state index contributed by atoms with van der Waals surface area (Å²) in [5.74, 6) is 0.639. The molecule has 1 amide bonds. The van der Waals surface area contributed by atoms with Crippen LogP contribution in [0.25, 0.3) is 6.08 Å². The number of aromatic nitrogens is 1. The van der Waals surface area contributed by atoms with Crippen molar-refractivity contribution in [2.75, 3.05) is 7.11 Å². The zero-order valence-corrected chi connectivity index (χ0v) is 16.7. The Hall–Kier alpha value is -3.38. The summed E-state index contributed by atoms with van der Waals surface area (Å²) in [4.78, 5) is 24.4. The van der Waals surface area contributed by atoms with Gasteiger partial charge in [0.25, 0.3) is 5.91 Å². The number of carbonyl (C=O) groups is 1. The van der Waals surface area contributed by atoms with Gasteiger partial charge in [-0.25, -0.2) is 4.99 Å². The molecule has 1 aliphatic rings. The van der Waals surface area contributed by atoms with Gasteiger partial charge in [-0.2, -0.15) is 0 Å². The van der Waals surface area contributed by atoms with Crippen LogP contribution in [0.3, 0.4) is 0 Å². The van der Waals surface area contributed by atoms with Crippen LogP contribution in [0.2, 0.25) is 0 Å². The molecule has 2 aromatic carbocycles. The molecule has 0 bridgehead atoms. The van der Waals surface area contributed by atoms with Gasteiger partial charge in [0.2, 0.25) is 0 Å². The molecule has 0 spiro atoms. The number of nitrogens with zero attached hydrogens (tertiary/aromatic N) is 3. The van der Waals surface area contributed by atoms with Crippen LogP contribution >= 0.6 is 11.8 Å². The Kier molecular flexibility index (Phi) is 5.72. The van der Waals surface area contributed by atoms with E-state index in [0.29, 0.717) is 16.6 Å². The van der Waals surface area contributed by atoms with Gasteiger partial charge in [-0.15, -0.1) is 0 Å². The number of rotatable bonds is 5. The third-order valence-corrected chi connectivity index (χ3v) is 5.36. The summed E-state index contributed by atoms with van der Waals surface area (Å²) in [6, 6.07) is 21.1. The standard InChI is InChI=1S/C23H19N3O2S/c1-28-20-12-6-5-9-18(20)14-21-22(27)26(16-17-8-7-13-24-15-17)23(29-21)25-19-10-3-2-4-11-19/h2-15H,16H2,1H3. The van der Waals surface area contributed by atoms with Gasteiger partial charge in [0.1, 0.15) is 5.75 Å². The minimum absolute atomic E-state index is 0.0839. The molecule has 144 valence electrons. The van der Waals surface area contributed by atoms with Gasteiger partial charge in [0.05, 0.1) is 24.2 Å². The van der Waals surface area contributed by atoms with Gasteiger partial charge in [-0.05, 0) is 47.7 Å². The van der Waals surface area contributed by atoms with Crippen LogP contribution in [0.5, 0.6) is 5.75 Å². The van der Waals surface area contributed by atoms with E-state index in [4.69, 9.17) is 9.73 Å². The molecule has 4 rings (SSSR count). The fourth-order valence-corrected chi connectivity index (χ4v) is 3.93. The van der Waals surface area contributed by atoms with Gasteiger partial charge in [0, 0.05) is 18.0 Å². The summed E-state index contributed by atoms with van der Waals surface area (Å²) in [5.41, 5.74) is 2.60. The molecule has 0 aliphatic carbocycles. The molecular weight excluding hydrogens is 382 g/mol. The van der Waals surface area contributed by atoms with E-state index in [-0.39, 0.29) is 5.91 Å². The summed E-state index contributed by atoms with van der Waals surface area (Å²) in [7, 11) is 1.62. The van der Waals surface area contributed by atoms with Gasteiger partial charge in [-0.1, -0.05) is 42.5 Å². The van der Waals surface area contributed by atoms with Crippen molar-refractivity contribution in [1.29, 1.82) is 0 Å². The molecule has 5 nitrogen and oxygen atoms in total. The molecule has 29 heavy (non-hydrogen) atoms. The van der Waals surface area contributed by atoms with Crippen LogP contribution in [0, 0.1) is 0 Å². The van der Waals surface area contributed by atoms with Crippen molar-refractivity contribution in [3.8, 4) is 5.75 Å². The molecule has 0 unspecified atom stereocenters. The van der Waals surface area contributed by atoms with E-state index < -0.39 is 0 Å². The Labute approximate surface area is 173 Å². The number of amidine groups is 1. The number of methoxy groups -OCH3 is 1. The zero-order valence-electron chi connectivity index (χ0n) is 15.9. The van der Waals surface area contributed by atoms with E-state index in [1.165, 1.54) is 11.8 Å². The number of hydrogen-bond donors (Lipinski definition) is 0.